The van der Waals surface area contributed by atoms with Gasteiger partial charge in [-0.2, -0.15) is 0 Å². The molecule has 1 aromatic rings. The second-order valence-corrected chi connectivity index (χ2v) is 3.38. The molecule has 0 N–H and O–H groups in total. The quantitative estimate of drug-likeness (QED) is 0.658. The molecule has 0 radical (unpaired) electrons. The van der Waals surface area contributed by atoms with Crippen LogP contribution >= 0.6 is 11.6 Å². The average molecular weight is 187 g/mol. The van der Waals surface area contributed by atoms with Gasteiger partial charge in [-0.15, -0.1) is 16.7 Å². The highest BCUT2D eigenvalue weighted by Gasteiger charge is 2.20. The van der Waals surface area contributed by atoms with E-state index in [9.17, 15) is 0 Å². The second-order valence-electron chi connectivity index (χ2n) is 3.11. The van der Waals surface area contributed by atoms with E-state index in [1.807, 2.05) is 4.68 Å². The maximum absolute atomic E-state index is 5.69. The van der Waals surface area contributed by atoms with E-state index in [1.165, 1.54) is 25.7 Å². The van der Waals surface area contributed by atoms with Crippen molar-refractivity contribution >= 4 is 11.6 Å². The van der Waals surface area contributed by atoms with Gasteiger partial charge in [0, 0.05) is 0 Å². The van der Waals surface area contributed by atoms with Crippen molar-refractivity contribution in [3.05, 3.63) is 5.82 Å². The van der Waals surface area contributed by atoms with Crippen molar-refractivity contribution < 1.29 is 0 Å². The summed E-state index contributed by atoms with van der Waals surface area (Å²) in [5.74, 6) is 1.20. The zero-order chi connectivity index (χ0) is 8.39. The van der Waals surface area contributed by atoms with Crippen LogP contribution in [0, 0.1) is 0 Å². The van der Waals surface area contributed by atoms with Gasteiger partial charge in [-0.05, 0) is 23.3 Å². The van der Waals surface area contributed by atoms with E-state index < -0.39 is 0 Å². The van der Waals surface area contributed by atoms with Crippen LogP contribution < -0.4 is 0 Å². The zero-order valence-electron chi connectivity index (χ0n) is 6.78. The lowest BCUT2D eigenvalue weighted by Gasteiger charge is -2.09. The number of hydrogen-bond donors (Lipinski definition) is 0. The number of alkyl halides is 1. The zero-order valence-corrected chi connectivity index (χ0v) is 7.54. The molecule has 1 fully saturated rings. The van der Waals surface area contributed by atoms with Crippen molar-refractivity contribution in [1.82, 2.24) is 20.2 Å². The van der Waals surface area contributed by atoms with Crippen LogP contribution in [-0.2, 0) is 5.88 Å². The van der Waals surface area contributed by atoms with Crippen LogP contribution in [0.5, 0.6) is 0 Å². The first-order valence-corrected chi connectivity index (χ1v) is 4.78. The molecule has 0 amide bonds. The van der Waals surface area contributed by atoms with Crippen molar-refractivity contribution in [1.29, 1.82) is 0 Å². The van der Waals surface area contributed by atoms with Crippen LogP contribution in [0.15, 0.2) is 0 Å². The topological polar surface area (TPSA) is 43.6 Å². The minimum absolute atomic E-state index is 0.406. The summed E-state index contributed by atoms with van der Waals surface area (Å²) in [6.07, 6.45) is 4.95. The fraction of sp³-hybridized carbons (Fsp3) is 0.857. The Morgan fingerprint density at radius 3 is 2.83 bits per heavy atom. The first-order chi connectivity index (χ1) is 5.92. The first kappa shape index (κ1) is 7.98. The van der Waals surface area contributed by atoms with Crippen molar-refractivity contribution in [2.45, 2.75) is 37.6 Å². The van der Waals surface area contributed by atoms with Gasteiger partial charge in [0.05, 0.1) is 11.9 Å². The standard InChI is InChI=1S/C7H11ClN4/c8-5-7-9-10-11-12(7)6-3-1-2-4-6/h6H,1-5H2. The molecule has 4 nitrogen and oxygen atoms in total. The lowest BCUT2D eigenvalue weighted by Crippen LogP contribution is -2.09. The van der Waals surface area contributed by atoms with Gasteiger partial charge < -0.3 is 0 Å². The Bertz CT molecular complexity index is 254. The molecule has 1 aromatic heterocycles. The smallest absolute Gasteiger partial charge is 0.166 e. The predicted octanol–water partition coefficient (Wildman–Crippen LogP) is 1.53. The van der Waals surface area contributed by atoms with Gasteiger partial charge in [0.2, 0.25) is 0 Å². The fourth-order valence-corrected chi connectivity index (χ4v) is 1.91. The van der Waals surface area contributed by atoms with Crippen LogP contribution in [0.2, 0.25) is 0 Å². The van der Waals surface area contributed by atoms with Crippen molar-refractivity contribution in [3.8, 4) is 0 Å². The fourth-order valence-electron chi connectivity index (χ4n) is 1.73. The van der Waals surface area contributed by atoms with Crippen molar-refractivity contribution in [2.24, 2.45) is 0 Å². The summed E-state index contributed by atoms with van der Waals surface area (Å²) in [5.41, 5.74) is 0. The minimum atomic E-state index is 0.406. The Kier molecular flexibility index (Phi) is 2.26. The summed E-state index contributed by atoms with van der Waals surface area (Å²) in [5, 5.41) is 11.4. The average Bonchev–Trinajstić information content (AvgIpc) is 2.74. The molecule has 0 aliphatic heterocycles. The number of halogens is 1. The van der Waals surface area contributed by atoms with Crippen LogP contribution in [0.25, 0.3) is 0 Å². The lowest BCUT2D eigenvalue weighted by molar-refractivity contribution is 0.443. The number of tetrazole rings is 1. The minimum Gasteiger partial charge on any atom is -0.225 e. The van der Waals surface area contributed by atoms with Gasteiger partial charge in [-0.1, -0.05) is 12.8 Å². The molecule has 1 saturated carbocycles. The maximum atomic E-state index is 5.69. The van der Waals surface area contributed by atoms with Gasteiger partial charge in [0.15, 0.2) is 5.82 Å². The number of aromatic nitrogens is 4. The summed E-state index contributed by atoms with van der Waals surface area (Å²) in [6, 6.07) is 0.494. The van der Waals surface area contributed by atoms with E-state index in [1.54, 1.807) is 0 Å². The van der Waals surface area contributed by atoms with Crippen LogP contribution in [0.3, 0.4) is 0 Å². The third-order valence-electron chi connectivity index (χ3n) is 2.35. The van der Waals surface area contributed by atoms with Gasteiger partial charge in [0.1, 0.15) is 0 Å². The Hall–Kier alpha value is -0.640. The molecule has 0 atom stereocenters. The number of hydrogen-bond acceptors (Lipinski definition) is 3. The highest BCUT2D eigenvalue weighted by atomic mass is 35.5. The molecule has 2 rings (SSSR count). The van der Waals surface area contributed by atoms with Gasteiger partial charge in [0.25, 0.3) is 0 Å². The molecule has 5 heteroatoms. The Balaban J connectivity index is 2.19. The molecule has 0 spiro atoms. The monoisotopic (exact) mass is 186 g/mol. The number of rotatable bonds is 2. The highest BCUT2D eigenvalue weighted by molar-refractivity contribution is 6.16. The van der Waals surface area contributed by atoms with E-state index in [2.05, 4.69) is 15.5 Å². The molecule has 1 heterocycles. The molecule has 12 heavy (non-hydrogen) atoms. The normalized spacial score (nSPS) is 18.8. The lowest BCUT2D eigenvalue weighted by atomic mass is 10.2. The molecule has 66 valence electrons. The number of nitrogens with zero attached hydrogens (tertiary/aromatic N) is 4. The van der Waals surface area contributed by atoms with Gasteiger partial charge >= 0.3 is 0 Å². The first-order valence-electron chi connectivity index (χ1n) is 4.24. The largest absolute Gasteiger partial charge is 0.225 e. The third kappa shape index (κ3) is 1.31. The SMILES string of the molecule is ClCc1nnnn1C1CCCC1. The Morgan fingerprint density at radius 1 is 1.42 bits per heavy atom. The molecule has 1 aliphatic rings. The van der Waals surface area contributed by atoms with E-state index in [4.69, 9.17) is 11.6 Å². The van der Waals surface area contributed by atoms with E-state index in [-0.39, 0.29) is 0 Å². The van der Waals surface area contributed by atoms with Gasteiger partial charge in [-0.25, -0.2) is 4.68 Å². The molecule has 0 aromatic carbocycles. The molecule has 1 aliphatic carbocycles. The van der Waals surface area contributed by atoms with E-state index in [0.29, 0.717) is 11.9 Å². The maximum Gasteiger partial charge on any atom is 0.166 e. The molecule has 0 bridgehead atoms. The van der Waals surface area contributed by atoms with Crippen LogP contribution in [-0.4, -0.2) is 20.2 Å². The summed E-state index contributed by atoms with van der Waals surface area (Å²) in [4.78, 5) is 0. The summed E-state index contributed by atoms with van der Waals surface area (Å²) in [6.45, 7) is 0. The Morgan fingerprint density at radius 2 is 2.17 bits per heavy atom. The van der Waals surface area contributed by atoms with E-state index >= 15 is 0 Å². The second kappa shape index (κ2) is 3.39. The third-order valence-corrected chi connectivity index (χ3v) is 2.59. The van der Waals surface area contributed by atoms with Crippen LogP contribution in [0.4, 0.5) is 0 Å². The Labute approximate surface area is 75.9 Å². The predicted molar refractivity (Wildman–Crippen MR) is 44.9 cm³/mol. The van der Waals surface area contributed by atoms with Crippen molar-refractivity contribution in [3.63, 3.8) is 0 Å². The molecular formula is C7H11ClN4. The van der Waals surface area contributed by atoms with Gasteiger partial charge in [-0.3, -0.25) is 0 Å². The molecule has 0 unspecified atom stereocenters. The summed E-state index contributed by atoms with van der Waals surface area (Å²) < 4.78 is 1.88. The highest BCUT2D eigenvalue weighted by Crippen LogP contribution is 2.29. The molecular weight excluding hydrogens is 176 g/mol. The molecule has 0 saturated heterocycles. The summed E-state index contributed by atoms with van der Waals surface area (Å²) in [7, 11) is 0. The van der Waals surface area contributed by atoms with Crippen LogP contribution in [0.1, 0.15) is 37.5 Å². The van der Waals surface area contributed by atoms with Crippen molar-refractivity contribution in [2.75, 3.05) is 0 Å². The summed E-state index contributed by atoms with van der Waals surface area (Å²) >= 11 is 5.69. The van der Waals surface area contributed by atoms with E-state index in [0.717, 1.165) is 5.82 Å².